The summed E-state index contributed by atoms with van der Waals surface area (Å²) in [5, 5.41) is 0. The number of halogens is 1. The quantitative estimate of drug-likeness (QED) is 0.467. The van der Waals surface area contributed by atoms with Gasteiger partial charge >= 0.3 is 0 Å². The van der Waals surface area contributed by atoms with Gasteiger partial charge in [0.15, 0.2) is 0 Å². The lowest BCUT2D eigenvalue weighted by molar-refractivity contribution is 0.564. The van der Waals surface area contributed by atoms with Crippen LogP contribution >= 0.6 is 0 Å². The van der Waals surface area contributed by atoms with Crippen LogP contribution in [0.5, 0.6) is 0 Å². The molecule has 0 saturated heterocycles. The second-order valence-electron chi connectivity index (χ2n) is 5.11. The van der Waals surface area contributed by atoms with Crippen LogP contribution in [0.1, 0.15) is 70.3 Å². The van der Waals surface area contributed by atoms with Crippen LogP contribution in [0.25, 0.3) is 0 Å². The molecule has 0 amide bonds. The maximum Gasteiger partial charge on any atom is 0.123 e. The van der Waals surface area contributed by atoms with E-state index in [0.717, 1.165) is 18.4 Å². The second kappa shape index (κ2) is 10.1. The van der Waals surface area contributed by atoms with Crippen LogP contribution in [0, 0.1) is 11.9 Å². The Morgan fingerprint density at radius 2 is 1.56 bits per heavy atom. The minimum atomic E-state index is -0.139. The van der Waals surface area contributed by atoms with Gasteiger partial charge in [-0.15, -0.1) is 0 Å². The topological polar surface area (TPSA) is 0 Å². The van der Waals surface area contributed by atoms with E-state index in [2.05, 4.69) is 13.0 Å². The molecular formula is C17H26F. The van der Waals surface area contributed by atoms with Crippen LogP contribution in [0.3, 0.4) is 0 Å². The molecule has 0 heterocycles. The molecule has 1 aromatic carbocycles. The summed E-state index contributed by atoms with van der Waals surface area (Å²) in [7, 11) is 0. The summed E-state index contributed by atoms with van der Waals surface area (Å²) in [5.41, 5.74) is 1.01. The third-order valence-electron chi connectivity index (χ3n) is 3.37. The Morgan fingerprint density at radius 3 is 2.17 bits per heavy atom. The first-order chi connectivity index (χ1) is 8.83. The van der Waals surface area contributed by atoms with Crippen molar-refractivity contribution >= 4 is 0 Å². The molecule has 1 rings (SSSR count). The van der Waals surface area contributed by atoms with Gasteiger partial charge in [-0.1, -0.05) is 64.4 Å². The third kappa shape index (κ3) is 7.47. The molecule has 0 atom stereocenters. The van der Waals surface area contributed by atoms with Gasteiger partial charge in [0.2, 0.25) is 0 Å². The summed E-state index contributed by atoms with van der Waals surface area (Å²) >= 11 is 0. The van der Waals surface area contributed by atoms with Crippen molar-refractivity contribution in [2.75, 3.05) is 0 Å². The van der Waals surface area contributed by atoms with E-state index in [-0.39, 0.29) is 5.82 Å². The van der Waals surface area contributed by atoms with Crippen molar-refractivity contribution in [2.45, 2.75) is 71.1 Å². The monoisotopic (exact) mass is 249 g/mol. The third-order valence-corrected chi connectivity index (χ3v) is 3.37. The van der Waals surface area contributed by atoms with Crippen molar-refractivity contribution in [3.8, 4) is 0 Å². The van der Waals surface area contributed by atoms with Gasteiger partial charge in [-0.2, -0.15) is 0 Å². The lowest BCUT2D eigenvalue weighted by Gasteiger charge is -2.02. The molecule has 0 nitrogen and oxygen atoms in total. The number of hydrogen-bond donors (Lipinski definition) is 0. The smallest absolute Gasteiger partial charge is 0.123 e. The molecule has 0 aliphatic carbocycles. The first kappa shape index (κ1) is 15.2. The van der Waals surface area contributed by atoms with Crippen LogP contribution in [0.4, 0.5) is 4.39 Å². The molecule has 1 aromatic rings. The molecule has 1 heteroatoms. The van der Waals surface area contributed by atoms with Gasteiger partial charge < -0.3 is 0 Å². The van der Waals surface area contributed by atoms with E-state index in [0.29, 0.717) is 0 Å². The number of benzene rings is 1. The number of aryl methyl sites for hydroxylation is 1. The van der Waals surface area contributed by atoms with E-state index in [4.69, 9.17) is 0 Å². The molecule has 0 bridgehead atoms. The zero-order chi connectivity index (χ0) is 13.1. The summed E-state index contributed by atoms with van der Waals surface area (Å²) in [4.78, 5) is 0. The highest BCUT2D eigenvalue weighted by molar-refractivity contribution is 5.14. The molecular weight excluding hydrogens is 223 g/mol. The van der Waals surface area contributed by atoms with Gasteiger partial charge in [-0.05, 0) is 36.6 Å². The lowest BCUT2D eigenvalue weighted by atomic mass is 10.0. The normalized spacial score (nSPS) is 10.8. The largest absolute Gasteiger partial charge is 0.207 e. The summed E-state index contributed by atoms with van der Waals surface area (Å²) in [6, 6.07) is 7.83. The van der Waals surface area contributed by atoms with Gasteiger partial charge in [-0.3, -0.25) is 0 Å². The van der Waals surface area contributed by atoms with Gasteiger partial charge in [0.25, 0.3) is 0 Å². The van der Waals surface area contributed by atoms with Crippen molar-refractivity contribution in [1.29, 1.82) is 0 Å². The fourth-order valence-electron chi connectivity index (χ4n) is 2.25. The average molecular weight is 249 g/mol. The summed E-state index contributed by atoms with van der Waals surface area (Å²) in [6.45, 7) is 2.25. The minimum absolute atomic E-state index is 0.139. The molecule has 0 aliphatic heterocycles. The highest BCUT2D eigenvalue weighted by Gasteiger charge is 1.96. The van der Waals surface area contributed by atoms with Gasteiger partial charge in [0.05, 0.1) is 0 Å². The molecule has 0 N–H and O–H groups in total. The van der Waals surface area contributed by atoms with Crippen molar-refractivity contribution in [3.05, 3.63) is 35.6 Å². The molecule has 0 unspecified atom stereocenters. The van der Waals surface area contributed by atoms with Crippen molar-refractivity contribution in [1.82, 2.24) is 0 Å². The fourth-order valence-corrected chi connectivity index (χ4v) is 2.25. The molecule has 0 fully saturated rings. The molecule has 0 spiro atoms. The van der Waals surface area contributed by atoms with Crippen LogP contribution in [0.2, 0.25) is 0 Å². The number of rotatable bonds is 10. The zero-order valence-electron chi connectivity index (χ0n) is 11.7. The Bertz CT molecular complexity index is 306. The van der Waals surface area contributed by atoms with Gasteiger partial charge in [0, 0.05) is 0 Å². The maximum atomic E-state index is 12.9. The predicted octanol–water partition coefficient (Wildman–Crippen LogP) is 5.70. The predicted molar refractivity (Wildman–Crippen MR) is 76.2 cm³/mol. The van der Waals surface area contributed by atoms with E-state index in [9.17, 15) is 4.39 Å². The first-order valence-electron chi connectivity index (χ1n) is 7.49. The Labute approximate surface area is 112 Å². The fraction of sp³-hybridized carbons (Fsp3) is 0.647. The molecule has 0 saturated carbocycles. The van der Waals surface area contributed by atoms with Crippen LogP contribution in [-0.4, -0.2) is 0 Å². The highest BCUT2D eigenvalue weighted by atomic mass is 19.1. The summed E-state index contributed by atoms with van der Waals surface area (Å²) < 4.78 is 12.9. The maximum absolute atomic E-state index is 12.9. The molecule has 0 aliphatic rings. The first-order valence-corrected chi connectivity index (χ1v) is 7.49. The average Bonchev–Trinajstić information content (AvgIpc) is 2.37. The van der Waals surface area contributed by atoms with E-state index in [1.807, 2.05) is 0 Å². The van der Waals surface area contributed by atoms with Crippen LogP contribution < -0.4 is 0 Å². The zero-order valence-corrected chi connectivity index (χ0v) is 11.7. The standard InChI is InChI=1S/C17H26F/c1-2-3-4-5-6-7-8-9-10-12-16-13-11-14-17(18)15-16/h11,14-15H,2-10,12H2,1H3. The number of hydrogen-bond acceptors (Lipinski definition) is 0. The van der Waals surface area contributed by atoms with Crippen LogP contribution in [-0.2, 0) is 6.42 Å². The van der Waals surface area contributed by atoms with E-state index >= 15 is 0 Å². The van der Waals surface area contributed by atoms with E-state index in [1.54, 1.807) is 12.1 Å². The van der Waals surface area contributed by atoms with E-state index in [1.165, 1.54) is 57.4 Å². The SMILES string of the molecule is CCCCCCCCCCCc1[c]ccc(F)c1. The van der Waals surface area contributed by atoms with Crippen molar-refractivity contribution in [2.24, 2.45) is 0 Å². The molecule has 1 radical (unpaired) electrons. The Balaban J connectivity index is 1.92. The Kier molecular flexibility index (Phi) is 8.54. The summed E-state index contributed by atoms with van der Waals surface area (Å²) in [5.74, 6) is -0.139. The molecule has 101 valence electrons. The van der Waals surface area contributed by atoms with Crippen molar-refractivity contribution in [3.63, 3.8) is 0 Å². The van der Waals surface area contributed by atoms with Gasteiger partial charge in [0.1, 0.15) is 5.82 Å². The Morgan fingerprint density at radius 1 is 0.944 bits per heavy atom. The van der Waals surface area contributed by atoms with Crippen molar-refractivity contribution < 1.29 is 4.39 Å². The summed E-state index contributed by atoms with van der Waals surface area (Å²) in [6.07, 6.45) is 12.9. The lowest BCUT2D eigenvalue weighted by Crippen LogP contribution is -1.88. The second-order valence-corrected chi connectivity index (χ2v) is 5.11. The molecule has 0 aromatic heterocycles. The number of unbranched alkanes of at least 4 members (excludes halogenated alkanes) is 8. The van der Waals surface area contributed by atoms with E-state index < -0.39 is 0 Å². The Hall–Kier alpha value is -0.850. The van der Waals surface area contributed by atoms with Gasteiger partial charge in [-0.25, -0.2) is 4.39 Å². The molecule has 18 heavy (non-hydrogen) atoms. The van der Waals surface area contributed by atoms with Crippen LogP contribution in [0.15, 0.2) is 18.2 Å². The minimum Gasteiger partial charge on any atom is -0.207 e. The highest BCUT2D eigenvalue weighted by Crippen LogP contribution is 2.12.